The van der Waals surface area contributed by atoms with E-state index in [-0.39, 0.29) is 24.0 Å². The summed E-state index contributed by atoms with van der Waals surface area (Å²) in [5.74, 6) is 0. The van der Waals surface area contributed by atoms with Gasteiger partial charge in [0.2, 0.25) is 0 Å². The van der Waals surface area contributed by atoms with Crippen LogP contribution in [0.3, 0.4) is 0 Å². The van der Waals surface area contributed by atoms with Gasteiger partial charge >= 0.3 is 0 Å². The highest BCUT2D eigenvalue weighted by molar-refractivity contribution is 14.0. The average molecular weight is 434 g/mol. The van der Waals surface area contributed by atoms with Crippen molar-refractivity contribution in [2.45, 2.75) is 110 Å². The Bertz CT molecular complexity index is 311. The van der Waals surface area contributed by atoms with Crippen molar-refractivity contribution in [1.82, 2.24) is 9.55 Å². The molecule has 0 amide bonds. The summed E-state index contributed by atoms with van der Waals surface area (Å²) in [6.07, 6.45) is 27.3. The van der Waals surface area contributed by atoms with E-state index >= 15 is 0 Å². The van der Waals surface area contributed by atoms with Gasteiger partial charge in [-0.05, 0) is 6.42 Å². The van der Waals surface area contributed by atoms with E-state index in [4.69, 9.17) is 0 Å². The first-order valence-corrected chi connectivity index (χ1v) is 9.89. The van der Waals surface area contributed by atoms with Gasteiger partial charge in [0.05, 0.1) is 6.33 Å². The van der Waals surface area contributed by atoms with Gasteiger partial charge in [0.1, 0.15) is 0 Å². The lowest BCUT2D eigenvalue weighted by Crippen LogP contribution is -1.93. The monoisotopic (exact) mass is 434 g/mol. The predicted octanol–water partition coefficient (Wildman–Crippen LogP) is 7.37. The minimum atomic E-state index is 0. The number of hydrogen-bond donors (Lipinski definition) is 0. The molecule has 0 radical (unpaired) electrons. The largest absolute Gasteiger partial charge is 0.337 e. The van der Waals surface area contributed by atoms with E-state index in [0.717, 1.165) is 6.54 Å². The molecule has 0 aromatic carbocycles. The van der Waals surface area contributed by atoms with Crippen molar-refractivity contribution >= 4 is 24.0 Å². The van der Waals surface area contributed by atoms with Crippen molar-refractivity contribution in [2.24, 2.45) is 0 Å². The highest BCUT2D eigenvalue weighted by Gasteiger charge is 1.95. The summed E-state index contributed by atoms with van der Waals surface area (Å²) in [5, 5.41) is 0. The van der Waals surface area contributed by atoms with Gasteiger partial charge in [-0.2, -0.15) is 0 Å². The molecule has 1 heterocycles. The molecular weight excluding hydrogens is 395 g/mol. The van der Waals surface area contributed by atoms with Crippen LogP contribution in [0.5, 0.6) is 0 Å². The SMILES string of the molecule is CCCCCCCCCCCCCCCCCn1ccnc1.I. The third-order valence-electron chi connectivity index (χ3n) is 4.58. The van der Waals surface area contributed by atoms with E-state index < -0.39 is 0 Å². The third-order valence-corrected chi connectivity index (χ3v) is 4.58. The van der Waals surface area contributed by atoms with Crippen LogP contribution < -0.4 is 0 Å². The maximum Gasteiger partial charge on any atom is 0.0945 e. The van der Waals surface area contributed by atoms with Gasteiger partial charge in [0.25, 0.3) is 0 Å². The third kappa shape index (κ3) is 15.2. The summed E-state index contributed by atoms with van der Waals surface area (Å²) in [6, 6.07) is 0. The van der Waals surface area contributed by atoms with E-state index in [1.54, 1.807) is 0 Å². The number of hydrogen-bond acceptors (Lipinski definition) is 1. The van der Waals surface area contributed by atoms with E-state index in [0.29, 0.717) is 0 Å². The Labute approximate surface area is 161 Å². The van der Waals surface area contributed by atoms with Gasteiger partial charge in [0, 0.05) is 18.9 Å². The molecule has 3 heteroatoms. The molecule has 0 aliphatic rings. The molecule has 0 atom stereocenters. The minimum Gasteiger partial charge on any atom is -0.337 e. The standard InChI is InChI=1S/C20H38N2.HI/c1-2-3-4-5-6-7-8-9-10-11-12-13-14-15-16-18-22-19-17-21-20-22;/h17,19-20H,2-16,18H2,1H3;1H. The molecule has 0 unspecified atom stereocenters. The van der Waals surface area contributed by atoms with Gasteiger partial charge in [-0.1, -0.05) is 96.8 Å². The Morgan fingerprint density at radius 1 is 0.652 bits per heavy atom. The van der Waals surface area contributed by atoms with Crippen LogP contribution in [0.4, 0.5) is 0 Å². The van der Waals surface area contributed by atoms with Gasteiger partial charge in [-0.3, -0.25) is 0 Å². The molecule has 0 aliphatic heterocycles. The molecule has 0 N–H and O–H groups in total. The molecule has 23 heavy (non-hydrogen) atoms. The summed E-state index contributed by atoms with van der Waals surface area (Å²) in [6.45, 7) is 3.43. The summed E-state index contributed by atoms with van der Waals surface area (Å²) < 4.78 is 2.18. The summed E-state index contributed by atoms with van der Waals surface area (Å²) >= 11 is 0. The molecule has 1 aromatic heterocycles. The number of imidazole rings is 1. The zero-order valence-electron chi connectivity index (χ0n) is 15.3. The molecule has 0 bridgehead atoms. The Hall–Kier alpha value is -0.0600. The average Bonchev–Trinajstić information content (AvgIpc) is 3.04. The topological polar surface area (TPSA) is 17.8 Å². The normalized spacial score (nSPS) is 10.7. The highest BCUT2D eigenvalue weighted by Crippen LogP contribution is 2.13. The van der Waals surface area contributed by atoms with Crippen LogP contribution in [0.15, 0.2) is 18.7 Å². The second kappa shape index (κ2) is 18.3. The number of aromatic nitrogens is 2. The van der Waals surface area contributed by atoms with Crippen LogP contribution in [0.2, 0.25) is 0 Å². The van der Waals surface area contributed by atoms with E-state index in [1.807, 2.05) is 12.5 Å². The van der Waals surface area contributed by atoms with Crippen molar-refractivity contribution < 1.29 is 0 Å². The van der Waals surface area contributed by atoms with Crippen molar-refractivity contribution in [2.75, 3.05) is 0 Å². The van der Waals surface area contributed by atoms with Crippen LogP contribution in [0.1, 0.15) is 103 Å². The zero-order valence-corrected chi connectivity index (χ0v) is 17.7. The van der Waals surface area contributed by atoms with Gasteiger partial charge in [-0.25, -0.2) is 4.98 Å². The van der Waals surface area contributed by atoms with Gasteiger partial charge in [0.15, 0.2) is 0 Å². The van der Waals surface area contributed by atoms with Crippen molar-refractivity contribution in [3.05, 3.63) is 18.7 Å². The quantitative estimate of drug-likeness (QED) is 0.196. The zero-order chi connectivity index (χ0) is 15.7. The second-order valence-electron chi connectivity index (χ2n) is 6.75. The Morgan fingerprint density at radius 2 is 1.09 bits per heavy atom. The van der Waals surface area contributed by atoms with Crippen molar-refractivity contribution in [1.29, 1.82) is 0 Å². The summed E-state index contributed by atoms with van der Waals surface area (Å²) in [5.41, 5.74) is 0. The van der Waals surface area contributed by atoms with Gasteiger partial charge in [-0.15, -0.1) is 24.0 Å². The second-order valence-corrected chi connectivity index (χ2v) is 6.75. The number of halogens is 1. The lowest BCUT2D eigenvalue weighted by molar-refractivity contribution is 0.522. The van der Waals surface area contributed by atoms with Crippen LogP contribution >= 0.6 is 24.0 Å². The molecule has 0 spiro atoms. The van der Waals surface area contributed by atoms with Crippen LogP contribution in [-0.2, 0) is 6.54 Å². The van der Waals surface area contributed by atoms with Crippen molar-refractivity contribution in [3.8, 4) is 0 Å². The number of aryl methyl sites for hydroxylation is 1. The first kappa shape index (κ1) is 22.9. The van der Waals surface area contributed by atoms with Crippen LogP contribution in [-0.4, -0.2) is 9.55 Å². The summed E-state index contributed by atoms with van der Waals surface area (Å²) in [7, 11) is 0. The van der Waals surface area contributed by atoms with E-state index in [9.17, 15) is 0 Å². The van der Waals surface area contributed by atoms with Gasteiger partial charge < -0.3 is 4.57 Å². The Kier molecular flexibility index (Phi) is 18.2. The molecule has 2 nitrogen and oxygen atoms in total. The highest BCUT2D eigenvalue weighted by atomic mass is 127. The molecule has 1 aromatic rings. The number of rotatable bonds is 16. The fourth-order valence-corrected chi connectivity index (χ4v) is 3.08. The maximum absolute atomic E-state index is 4.07. The summed E-state index contributed by atoms with van der Waals surface area (Å²) in [4.78, 5) is 4.07. The molecule has 1 rings (SSSR count). The Morgan fingerprint density at radius 3 is 1.48 bits per heavy atom. The maximum atomic E-state index is 4.07. The molecule has 0 aliphatic carbocycles. The lowest BCUT2D eigenvalue weighted by atomic mass is 10.0. The number of unbranched alkanes of at least 4 members (excludes halogenated alkanes) is 14. The minimum absolute atomic E-state index is 0. The van der Waals surface area contributed by atoms with E-state index in [1.165, 1.54) is 96.3 Å². The first-order chi connectivity index (χ1) is 10.9. The van der Waals surface area contributed by atoms with Crippen molar-refractivity contribution in [3.63, 3.8) is 0 Å². The fraction of sp³-hybridized carbons (Fsp3) is 0.850. The lowest BCUT2D eigenvalue weighted by Gasteiger charge is -2.04. The number of nitrogens with zero attached hydrogens (tertiary/aromatic N) is 2. The molecule has 0 fully saturated rings. The molecule has 0 saturated heterocycles. The van der Waals surface area contributed by atoms with Crippen LogP contribution in [0, 0.1) is 0 Å². The fourth-order valence-electron chi connectivity index (χ4n) is 3.08. The smallest absolute Gasteiger partial charge is 0.0945 e. The van der Waals surface area contributed by atoms with Crippen LogP contribution in [0.25, 0.3) is 0 Å². The van der Waals surface area contributed by atoms with E-state index in [2.05, 4.69) is 22.7 Å². The molecular formula is C20H39IN2. The molecule has 136 valence electrons. The Balaban J connectivity index is 0.00000484. The first-order valence-electron chi connectivity index (χ1n) is 9.89. The molecule has 0 saturated carbocycles. The predicted molar refractivity (Wildman–Crippen MR) is 113 cm³/mol.